The predicted octanol–water partition coefficient (Wildman–Crippen LogP) is 4.97. The van der Waals surface area contributed by atoms with Gasteiger partial charge in [0.1, 0.15) is 17.9 Å². The maximum atomic E-state index is 13.4. The highest BCUT2D eigenvalue weighted by Crippen LogP contribution is 2.67. The normalized spacial score (nSPS) is 37.8. The monoisotopic (exact) mass is 568 g/mol. The highest BCUT2D eigenvalue weighted by Gasteiger charge is 2.61. The Bertz CT molecular complexity index is 1100. The second-order valence-corrected chi connectivity index (χ2v) is 14.9. The van der Waals surface area contributed by atoms with E-state index in [1.807, 2.05) is 13.8 Å². The van der Waals surface area contributed by atoms with Gasteiger partial charge in [0.25, 0.3) is 0 Å². The molecule has 10 atom stereocenters. The van der Waals surface area contributed by atoms with Gasteiger partial charge in [-0.3, -0.25) is 9.59 Å². The van der Waals surface area contributed by atoms with Crippen molar-refractivity contribution in [2.24, 2.45) is 52.1 Å². The second-order valence-electron chi connectivity index (χ2n) is 14.9. The van der Waals surface area contributed by atoms with Crippen molar-refractivity contribution < 1.29 is 19.1 Å². The minimum Gasteiger partial charge on any atom is -0.461 e. The van der Waals surface area contributed by atoms with Gasteiger partial charge in [0.2, 0.25) is 5.91 Å². The maximum absolute atomic E-state index is 13.4. The number of rotatable bonds is 9. The number of hydrogen-bond donors (Lipinski definition) is 3. The van der Waals surface area contributed by atoms with Gasteiger partial charge in [0.05, 0.1) is 12.4 Å². The summed E-state index contributed by atoms with van der Waals surface area (Å²) in [6.07, 6.45) is 13.9. The van der Waals surface area contributed by atoms with Crippen molar-refractivity contribution in [1.29, 1.82) is 0 Å². The van der Waals surface area contributed by atoms with Gasteiger partial charge in [0.15, 0.2) is 0 Å². The SMILES string of the molecule is CC(=O)[C@H]1CC[C@H]2[C@@H]3CC[C@H]4C[C@H](OC(=O)[C@H](CC(C)C)NC(=O)[C@@H](N)Cc5cnc[nH]5)CC[C@]4(C)[C@H]3CC[C@]12C. The van der Waals surface area contributed by atoms with Gasteiger partial charge in [-0.05, 0) is 112 Å². The van der Waals surface area contributed by atoms with Crippen LogP contribution in [0.2, 0.25) is 0 Å². The van der Waals surface area contributed by atoms with Crippen LogP contribution < -0.4 is 11.1 Å². The fourth-order valence-electron chi connectivity index (χ4n) is 9.93. The molecule has 0 radical (unpaired) electrons. The molecule has 1 amide bonds. The molecule has 4 aliphatic carbocycles. The van der Waals surface area contributed by atoms with Crippen LogP contribution in [0.3, 0.4) is 0 Å². The molecule has 8 heteroatoms. The van der Waals surface area contributed by atoms with Crippen LogP contribution in [-0.4, -0.2) is 45.8 Å². The van der Waals surface area contributed by atoms with Crippen LogP contribution in [0.25, 0.3) is 0 Å². The summed E-state index contributed by atoms with van der Waals surface area (Å²) in [5.41, 5.74) is 7.38. The summed E-state index contributed by atoms with van der Waals surface area (Å²) in [5, 5.41) is 2.89. The number of Topliss-reactive ketones (excluding diaryl/α,β-unsaturated/α-hetero) is 1. The van der Waals surface area contributed by atoms with E-state index in [1.165, 1.54) is 32.1 Å². The van der Waals surface area contributed by atoms with Crippen molar-refractivity contribution in [2.75, 3.05) is 0 Å². The highest BCUT2D eigenvalue weighted by atomic mass is 16.5. The molecule has 4 N–H and O–H groups in total. The van der Waals surface area contributed by atoms with Gasteiger partial charge in [0, 0.05) is 24.2 Å². The largest absolute Gasteiger partial charge is 0.461 e. The predicted molar refractivity (Wildman–Crippen MR) is 157 cm³/mol. The first-order chi connectivity index (χ1) is 19.4. The number of imidazole rings is 1. The molecule has 0 spiro atoms. The molecule has 0 bridgehead atoms. The van der Waals surface area contributed by atoms with Crippen molar-refractivity contribution in [1.82, 2.24) is 15.3 Å². The van der Waals surface area contributed by atoms with E-state index >= 15 is 0 Å². The number of amides is 1. The summed E-state index contributed by atoms with van der Waals surface area (Å²) in [6.45, 7) is 10.8. The van der Waals surface area contributed by atoms with Crippen molar-refractivity contribution in [3.63, 3.8) is 0 Å². The van der Waals surface area contributed by atoms with E-state index in [2.05, 4.69) is 29.1 Å². The van der Waals surface area contributed by atoms with E-state index in [-0.39, 0.29) is 40.6 Å². The number of nitrogens with zero attached hydrogens (tertiary/aromatic N) is 1. The first-order valence-electron chi connectivity index (χ1n) is 16.2. The molecule has 0 aromatic carbocycles. The van der Waals surface area contributed by atoms with Crippen molar-refractivity contribution in [2.45, 2.75) is 123 Å². The van der Waals surface area contributed by atoms with Crippen LogP contribution in [-0.2, 0) is 25.5 Å². The lowest BCUT2D eigenvalue weighted by molar-refractivity contribution is -0.166. The first-order valence-corrected chi connectivity index (χ1v) is 16.2. The minimum atomic E-state index is -0.772. The molecule has 5 rings (SSSR count). The third-order valence-electron chi connectivity index (χ3n) is 12.0. The molecule has 1 aromatic rings. The zero-order valence-corrected chi connectivity index (χ0v) is 25.8. The van der Waals surface area contributed by atoms with Crippen LogP contribution in [0.15, 0.2) is 12.5 Å². The number of hydrogen-bond acceptors (Lipinski definition) is 6. The standard InChI is InChI=1S/C33H52N4O4/c1-19(2)14-29(37-30(39)28(34)16-22-17-35-18-36-22)31(40)41-23-10-12-32(4)21(15-23)6-7-24-26-9-8-25(20(3)38)33(26,5)13-11-27(24)32/h17-19,21,23-29H,6-16,34H2,1-5H3,(H,35,36)(H,37,39)/t21-,23+,24-,25+,26-,27-,28-,29-,32-,33+/m0/s1. The Hall–Kier alpha value is -2.22. The van der Waals surface area contributed by atoms with E-state index < -0.39 is 12.1 Å². The fraction of sp³-hybridized carbons (Fsp3) is 0.818. The van der Waals surface area contributed by atoms with Crippen LogP contribution in [0, 0.1) is 46.3 Å². The van der Waals surface area contributed by atoms with Crippen molar-refractivity contribution in [3.05, 3.63) is 18.2 Å². The quantitative estimate of drug-likeness (QED) is 0.361. The number of H-pyrrole nitrogens is 1. The third kappa shape index (κ3) is 5.87. The molecule has 4 saturated carbocycles. The Kier molecular flexibility index (Phi) is 8.71. The van der Waals surface area contributed by atoms with Crippen LogP contribution >= 0.6 is 0 Å². The second kappa shape index (κ2) is 11.8. The number of aromatic amines is 1. The molecular formula is C33H52N4O4. The smallest absolute Gasteiger partial charge is 0.328 e. The molecule has 0 unspecified atom stereocenters. The molecule has 41 heavy (non-hydrogen) atoms. The fourth-order valence-corrected chi connectivity index (χ4v) is 9.93. The van der Waals surface area contributed by atoms with Crippen LogP contribution in [0.1, 0.15) is 105 Å². The topological polar surface area (TPSA) is 127 Å². The number of ether oxygens (including phenoxy) is 1. The van der Waals surface area contributed by atoms with E-state index in [0.717, 1.165) is 37.3 Å². The molecule has 228 valence electrons. The van der Waals surface area contributed by atoms with Gasteiger partial charge in [-0.2, -0.15) is 0 Å². The molecule has 4 fully saturated rings. The number of carbonyl (C=O) groups excluding carboxylic acids is 3. The van der Waals surface area contributed by atoms with Crippen molar-refractivity contribution >= 4 is 17.7 Å². The van der Waals surface area contributed by atoms with E-state index in [9.17, 15) is 14.4 Å². The Morgan fingerprint density at radius 3 is 2.49 bits per heavy atom. The third-order valence-corrected chi connectivity index (χ3v) is 12.0. The molecule has 0 saturated heterocycles. The number of ketones is 1. The van der Waals surface area contributed by atoms with Gasteiger partial charge in [-0.15, -0.1) is 0 Å². The van der Waals surface area contributed by atoms with Gasteiger partial charge in [-0.25, -0.2) is 9.78 Å². The van der Waals surface area contributed by atoms with Crippen molar-refractivity contribution in [3.8, 4) is 0 Å². The number of nitrogens with one attached hydrogen (secondary N) is 2. The molecule has 8 nitrogen and oxygen atoms in total. The molecular weight excluding hydrogens is 516 g/mol. The summed E-state index contributed by atoms with van der Waals surface area (Å²) in [7, 11) is 0. The minimum absolute atomic E-state index is 0.107. The van der Waals surface area contributed by atoms with E-state index in [1.54, 1.807) is 19.4 Å². The zero-order valence-electron chi connectivity index (χ0n) is 25.8. The molecule has 1 heterocycles. The summed E-state index contributed by atoms with van der Waals surface area (Å²) >= 11 is 0. The number of aromatic nitrogens is 2. The number of carbonyl (C=O) groups is 3. The molecule has 1 aromatic heterocycles. The van der Waals surface area contributed by atoms with Gasteiger partial charge >= 0.3 is 5.97 Å². The average Bonchev–Trinajstić information content (AvgIpc) is 3.55. The summed E-state index contributed by atoms with van der Waals surface area (Å²) in [4.78, 5) is 45.7. The summed E-state index contributed by atoms with van der Waals surface area (Å²) in [6, 6.07) is -1.47. The number of esters is 1. The van der Waals surface area contributed by atoms with Gasteiger partial charge in [-0.1, -0.05) is 27.7 Å². The lowest BCUT2D eigenvalue weighted by Crippen LogP contribution is -2.55. The maximum Gasteiger partial charge on any atom is 0.328 e. The Labute approximate surface area is 245 Å². The van der Waals surface area contributed by atoms with E-state index in [0.29, 0.717) is 36.4 Å². The Balaban J connectivity index is 1.20. The lowest BCUT2D eigenvalue weighted by Gasteiger charge is -2.61. The molecule has 0 aliphatic heterocycles. The van der Waals surface area contributed by atoms with Crippen LogP contribution in [0.4, 0.5) is 0 Å². The number of fused-ring (bicyclic) bond motifs is 5. The zero-order chi connectivity index (χ0) is 29.5. The number of nitrogens with two attached hydrogens (primary N) is 1. The Morgan fingerprint density at radius 2 is 1.80 bits per heavy atom. The highest BCUT2D eigenvalue weighted by molar-refractivity contribution is 5.87. The lowest BCUT2D eigenvalue weighted by atomic mass is 9.44. The molecule has 4 aliphatic rings. The van der Waals surface area contributed by atoms with Gasteiger partial charge < -0.3 is 20.8 Å². The van der Waals surface area contributed by atoms with Crippen LogP contribution in [0.5, 0.6) is 0 Å². The first kappa shape index (κ1) is 30.2. The summed E-state index contributed by atoms with van der Waals surface area (Å²) in [5.74, 6) is 2.81. The average molecular weight is 569 g/mol. The summed E-state index contributed by atoms with van der Waals surface area (Å²) < 4.78 is 6.15. The van der Waals surface area contributed by atoms with E-state index in [4.69, 9.17) is 10.5 Å². The Morgan fingerprint density at radius 1 is 1.07 bits per heavy atom.